The van der Waals surface area contributed by atoms with Crippen LogP contribution in [0, 0.1) is 0 Å². The average Bonchev–Trinajstić information content (AvgIpc) is 4.04. The number of likely N-dealkylation sites (tertiary alicyclic amines) is 1. The number of hydrogen-bond donors (Lipinski definition) is 3. The normalized spacial score (nSPS) is 19.7. The van der Waals surface area contributed by atoms with Crippen molar-refractivity contribution in [2.24, 2.45) is 0 Å². The monoisotopic (exact) mass is 737 g/mol. The molecule has 3 N–H and O–H groups in total. The Morgan fingerprint density at radius 3 is 2.16 bits per heavy atom. The number of benzene rings is 3. The molecule has 3 aromatic carbocycles. The van der Waals surface area contributed by atoms with E-state index < -0.39 is 11.6 Å². The predicted molar refractivity (Wildman–Crippen MR) is 210 cm³/mol. The summed E-state index contributed by atoms with van der Waals surface area (Å²) in [6, 6.07) is 26.9. The Morgan fingerprint density at radius 1 is 0.782 bits per heavy atom. The van der Waals surface area contributed by atoms with Crippen LogP contribution in [0.15, 0.2) is 108 Å². The number of nitrogens with one attached hydrogen (secondary N) is 3. The molecule has 1 amide bonds. The highest BCUT2D eigenvalue weighted by atomic mass is 16.4. The van der Waals surface area contributed by atoms with Crippen molar-refractivity contribution in [3.8, 4) is 34.2 Å². The van der Waals surface area contributed by atoms with E-state index in [0.29, 0.717) is 36.1 Å². The Morgan fingerprint density at radius 2 is 1.47 bits per heavy atom. The number of amides is 1. The number of nitrogens with zero attached hydrogens (tertiary/aromatic N) is 6. The van der Waals surface area contributed by atoms with Crippen LogP contribution >= 0.6 is 0 Å². The van der Waals surface area contributed by atoms with Crippen molar-refractivity contribution in [3.05, 3.63) is 126 Å². The summed E-state index contributed by atoms with van der Waals surface area (Å²) in [5, 5.41) is 3.50. The first-order chi connectivity index (χ1) is 26.7. The van der Waals surface area contributed by atoms with E-state index in [-0.39, 0.29) is 23.8 Å². The molecular weight excluding hydrogens is 691 g/mol. The van der Waals surface area contributed by atoms with Crippen LogP contribution in [0.25, 0.3) is 34.2 Å². The van der Waals surface area contributed by atoms with Gasteiger partial charge in [0.1, 0.15) is 28.9 Å². The maximum atomic E-state index is 14.4. The summed E-state index contributed by atoms with van der Waals surface area (Å²) in [5.74, 6) is 2.44. The summed E-state index contributed by atoms with van der Waals surface area (Å²) in [4.78, 5) is 55.3. The van der Waals surface area contributed by atoms with Crippen molar-refractivity contribution in [1.29, 1.82) is 0 Å². The fourth-order valence-corrected chi connectivity index (χ4v) is 8.27. The van der Waals surface area contributed by atoms with E-state index in [0.717, 1.165) is 59.6 Å². The molecule has 0 radical (unpaired) electrons. The van der Waals surface area contributed by atoms with Gasteiger partial charge in [0.25, 0.3) is 0 Å². The van der Waals surface area contributed by atoms with E-state index in [9.17, 15) is 9.59 Å². The lowest BCUT2D eigenvalue weighted by atomic mass is 9.84. The molecular formula is C43H47N9O3. The largest absolute Gasteiger partial charge is 0.435 e. The molecule has 2 aliphatic rings. The molecule has 0 saturated carbocycles. The number of rotatable bonds is 12. The van der Waals surface area contributed by atoms with Gasteiger partial charge in [0.05, 0.1) is 36.4 Å². The first kappa shape index (κ1) is 36.3. The Labute approximate surface area is 321 Å². The van der Waals surface area contributed by atoms with Gasteiger partial charge in [-0.25, -0.2) is 15.0 Å². The zero-order valence-corrected chi connectivity index (χ0v) is 31.7. The predicted octanol–water partition coefficient (Wildman–Crippen LogP) is 6.54. The summed E-state index contributed by atoms with van der Waals surface area (Å²) >= 11 is 0. The first-order valence-electron chi connectivity index (χ1n) is 18.9. The number of Topliss-reactive ketones (excluding diaryl/α,β-unsaturated/α-hetero) is 1. The van der Waals surface area contributed by atoms with Gasteiger partial charge in [0.15, 0.2) is 11.5 Å². The third-order valence-electron chi connectivity index (χ3n) is 10.9. The third-order valence-corrected chi connectivity index (χ3v) is 10.9. The number of likely N-dealkylation sites (N-methyl/N-ethyl adjacent to an activating group) is 2. The molecule has 2 saturated heterocycles. The van der Waals surface area contributed by atoms with Crippen molar-refractivity contribution < 1.29 is 14.0 Å². The van der Waals surface area contributed by atoms with Gasteiger partial charge in [-0.15, -0.1) is 0 Å². The van der Waals surface area contributed by atoms with Gasteiger partial charge in [0.2, 0.25) is 11.8 Å². The Hall–Kier alpha value is -5.69. The first-order valence-corrected chi connectivity index (χ1v) is 18.9. The quantitative estimate of drug-likeness (QED) is 0.128. The van der Waals surface area contributed by atoms with Crippen LogP contribution in [-0.2, 0) is 15.1 Å². The maximum Gasteiger partial charge on any atom is 0.245 e. The van der Waals surface area contributed by atoms with Crippen LogP contribution in [0.1, 0.15) is 66.6 Å². The lowest BCUT2D eigenvalue weighted by molar-refractivity contribution is -0.137. The van der Waals surface area contributed by atoms with Crippen molar-refractivity contribution in [3.63, 3.8) is 0 Å². The van der Waals surface area contributed by atoms with Gasteiger partial charge in [-0.3, -0.25) is 24.7 Å². The molecule has 0 bridgehead atoms. The molecule has 0 spiro atoms. The van der Waals surface area contributed by atoms with Crippen molar-refractivity contribution >= 4 is 11.7 Å². The number of aromatic nitrogens is 5. The molecule has 2 fully saturated rings. The van der Waals surface area contributed by atoms with Gasteiger partial charge >= 0.3 is 0 Å². The van der Waals surface area contributed by atoms with E-state index in [4.69, 9.17) is 14.4 Å². The molecule has 2 aliphatic heterocycles. The minimum Gasteiger partial charge on any atom is -0.435 e. The lowest BCUT2D eigenvalue weighted by Gasteiger charge is -2.33. The third kappa shape index (κ3) is 6.93. The fraction of sp³-hybridized carbons (Fsp3) is 0.326. The number of carbonyl (C=O) groups excluding carboxylic acids is 2. The number of oxazole rings is 1. The van der Waals surface area contributed by atoms with Crippen LogP contribution in [0.5, 0.6) is 0 Å². The minimum atomic E-state index is -0.964. The number of ketones is 1. The van der Waals surface area contributed by atoms with E-state index in [1.54, 1.807) is 12.4 Å². The molecule has 4 atom stereocenters. The Balaban J connectivity index is 1.01. The van der Waals surface area contributed by atoms with Crippen LogP contribution in [-0.4, -0.2) is 92.6 Å². The van der Waals surface area contributed by atoms with Gasteiger partial charge in [-0.05, 0) is 77.6 Å². The second-order valence-corrected chi connectivity index (χ2v) is 15.0. The molecule has 55 heavy (non-hydrogen) atoms. The number of aromatic amines is 2. The Kier molecular flexibility index (Phi) is 10.0. The highest BCUT2D eigenvalue weighted by molar-refractivity contribution is 5.94. The number of imidazole rings is 2. The van der Waals surface area contributed by atoms with Crippen molar-refractivity contribution in [1.82, 2.24) is 44.9 Å². The highest BCUT2D eigenvalue weighted by Gasteiger charge is 2.49. The summed E-state index contributed by atoms with van der Waals surface area (Å²) < 4.78 is 6.31. The number of hydrogen-bond acceptors (Lipinski definition) is 9. The van der Waals surface area contributed by atoms with Crippen molar-refractivity contribution in [2.75, 3.05) is 41.3 Å². The minimum absolute atomic E-state index is 0.0474. The highest BCUT2D eigenvalue weighted by Crippen LogP contribution is 2.39. The fourth-order valence-electron chi connectivity index (χ4n) is 8.27. The summed E-state index contributed by atoms with van der Waals surface area (Å²) in [6.07, 6.45) is 8.48. The lowest BCUT2D eigenvalue weighted by Crippen LogP contribution is -2.50. The molecule has 0 unspecified atom stereocenters. The van der Waals surface area contributed by atoms with Crippen LogP contribution in [0.3, 0.4) is 0 Å². The summed E-state index contributed by atoms with van der Waals surface area (Å²) in [6.45, 7) is 1.41. The zero-order valence-electron chi connectivity index (χ0n) is 31.7. The molecule has 5 heterocycles. The molecule has 6 aromatic rings. The van der Waals surface area contributed by atoms with E-state index in [1.165, 1.54) is 0 Å². The van der Waals surface area contributed by atoms with Gasteiger partial charge in [-0.1, -0.05) is 78.9 Å². The zero-order chi connectivity index (χ0) is 38.1. The standard InChI is InChI=1S/C43H47N9O3/c1-50(2)36(28-14-7-5-8-15-28)38(53)43(21-13-22-47-43)42-46-26-33(49-42)40-45-27-35(55-40)31-19-11-18-30(24-31)32-25-44-39(48-32)34-20-12-23-52(34)41(54)37(51(3)4)29-16-9-6-10-17-29/h5-11,14-19,24-27,34,36-37,47H,12-13,20-23H2,1-4H3,(H,44,48)(H,46,49)/t34-,36+,37+,43+/m0/s1. The molecule has 282 valence electrons. The van der Waals surface area contributed by atoms with E-state index in [2.05, 4.69) is 20.3 Å². The van der Waals surface area contributed by atoms with Gasteiger partial charge in [0, 0.05) is 17.7 Å². The van der Waals surface area contributed by atoms with Crippen LogP contribution < -0.4 is 5.32 Å². The SMILES string of the molecule is CN(C)[C@@H](C(=O)N1CCC[C@H]1c1ncc(-c2cccc(-c3cnc(-c4cnc([C@]5(C(=O)[C@@H](c6ccccc6)N(C)C)CCCN5)[nH]4)o3)c2)[nH]1)c1ccccc1. The number of carbonyl (C=O) groups is 2. The summed E-state index contributed by atoms with van der Waals surface area (Å²) in [7, 11) is 7.75. The molecule has 3 aromatic heterocycles. The molecule has 8 rings (SSSR count). The molecule has 12 nitrogen and oxygen atoms in total. The van der Waals surface area contributed by atoms with E-state index in [1.807, 2.05) is 134 Å². The smallest absolute Gasteiger partial charge is 0.245 e. The second-order valence-electron chi connectivity index (χ2n) is 15.0. The Bertz CT molecular complexity index is 2250. The maximum absolute atomic E-state index is 14.4. The van der Waals surface area contributed by atoms with Gasteiger partial charge in [-0.2, -0.15) is 0 Å². The number of H-pyrrole nitrogens is 2. The molecule has 12 heteroatoms. The van der Waals surface area contributed by atoms with E-state index >= 15 is 0 Å². The van der Waals surface area contributed by atoms with Crippen molar-refractivity contribution in [2.45, 2.75) is 49.3 Å². The van der Waals surface area contributed by atoms with Crippen LogP contribution in [0.2, 0.25) is 0 Å². The summed E-state index contributed by atoms with van der Waals surface area (Å²) in [5.41, 5.74) is 4.19. The average molecular weight is 738 g/mol. The van der Waals surface area contributed by atoms with Gasteiger partial charge < -0.3 is 19.3 Å². The topological polar surface area (TPSA) is 139 Å². The molecule has 0 aliphatic carbocycles. The van der Waals surface area contributed by atoms with Crippen LogP contribution in [0.4, 0.5) is 0 Å². The second kappa shape index (κ2) is 15.2.